The first kappa shape index (κ1) is 16.1. The number of nitrogens with two attached hydrogens (primary N) is 1. The molecule has 2 aliphatic heterocycles. The van der Waals surface area contributed by atoms with Crippen LogP contribution in [-0.2, 0) is 4.74 Å². The summed E-state index contributed by atoms with van der Waals surface area (Å²) < 4.78 is 11.1. The fourth-order valence-corrected chi connectivity index (χ4v) is 3.71. The van der Waals surface area contributed by atoms with Crippen LogP contribution < -0.4 is 15.4 Å². The summed E-state index contributed by atoms with van der Waals surface area (Å²) in [7, 11) is 1.59. The van der Waals surface area contributed by atoms with Crippen LogP contribution in [0.15, 0.2) is 36.4 Å². The molecule has 2 atom stereocenters. The molecule has 0 bridgehead atoms. The number of piperazine rings is 1. The molecule has 7 nitrogen and oxygen atoms in total. The lowest BCUT2D eigenvalue weighted by Crippen LogP contribution is -2.59. The zero-order valence-corrected chi connectivity index (χ0v) is 14.3. The van der Waals surface area contributed by atoms with Gasteiger partial charge in [0.1, 0.15) is 5.82 Å². The highest BCUT2D eigenvalue weighted by atomic mass is 16.5. The molecule has 2 fully saturated rings. The van der Waals surface area contributed by atoms with E-state index in [0.717, 1.165) is 38.7 Å². The first-order valence-electron chi connectivity index (χ1n) is 8.56. The molecule has 2 aliphatic rings. The molecule has 0 saturated carbocycles. The maximum atomic E-state index is 5.91. The van der Waals surface area contributed by atoms with E-state index < -0.39 is 0 Å². The number of fused-ring (bicyclic) bond motifs is 1. The van der Waals surface area contributed by atoms with E-state index >= 15 is 0 Å². The number of nitrogens with zero attached hydrogens (tertiary/aromatic N) is 4. The van der Waals surface area contributed by atoms with Crippen LogP contribution in [0.5, 0.6) is 5.88 Å². The average Bonchev–Trinajstić information content (AvgIpc) is 2.67. The summed E-state index contributed by atoms with van der Waals surface area (Å²) >= 11 is 0. The minimum absolute atomic E-state index is 0.235. The van der Waals surface area contributed by atoms with Gasteiger partial charge in [-0.1, -0.05) is 30.3 Å². The summed E-state index contributed by atoms with van der Waals surface area (Å²) in [5.41, 5.74) is 7.12. The van der Waals surface area contributed by atoms with Gasteiger partial charge in [0.15, 0.2) is 0 Å². The number of methoxy groups -OCH3 is 1. The molecule has 1 aromatic heterocycles. The normalized spacial score (nSPS) is 24.0. The van der Waals surface area contributed by atoms with E-state index in [1.54, 1.807) is 7.11 Å². The van der Waals surface area contributed by atoms with E-state index in [4.69, 9.17) is 15.2 Å². The van der Waals surface area contributed by atoms with E-state index in [9.17, 15) is 0 Å². The second kappa shape index (κ2) is 6.85. The van der Waals surface area contributed by atoms with Crippen LogP contribution in [0.3, 0.4) is 0 Å². The third-order valence-electron chi connectivity index (χ3n) is 4.94. The molecule has 4 rings (SSSR count). The molecule has 0 amide bonds. The Morgan fingerprint density at radius 1 is 1.16 bits per heavy atom. The van der Waals surface area contributed by atoms with Crippen LogP contribution >= 0.6 is 0 Å². The number of benzene rings is 1. The quantitative estimate of drug-likeness (QED) is 0.902. The second-order valence-corrected chi connectivity index (χ2v) is 6.43. The zero-order chi connectivity index (χ0) is 17.2. The number of morpholine rings is 1. The number of rotatable bonds is 3. The van der Waals surface area contributed by atoms with E-state index in [1.165, 1.54) is 5.56 Å². The van der Waals surface area contributed by atoms with Crippen molar-refractivity contribution in [3.63, 3.8) is 0 Å². The Labute approximate surface area is 147 Å². The lowest BCUT2D eigenvalue weighted by atomic mass is 10.0. The highest BCUT2D eigenvalue weighted by Crippen LogP contribution is 2.31. The molecule has 0 unspecified atom stereocenters. The van der Waals surface area contributed by atoms with Crippen molar-refractivity contribution in [3.05, 3.63) is 42.0 Å². The molecule has 1 aromatic carbocycles. The second-order valence-electron chi connectivity index (χ2n) is 6.43. The Morgan fingerprint density at radius 2 is 2.00 bits per heavy atom. The molecule has 7 heteroatoms. The highest BCUT2D eigenvalue weighted by Gasteiger charge is 2.36. The first-order valence-corrected chi connectivity index (χ1v) is 8.56. The monoisotopic (exact) mass is 341 g/mol. The summed E-state index contributed by atoms with van der Waals surface area (Å²) in [5, 5.41) is 0. The summed E-state index contributed by atoms with van der Waals surface area (Å²) in [6, 6.07) is 13.1. The molecule has 132 valence electrons. The van der Waals surface area contributed by atoms with Crippen molar-refractivity contribution in [1.82, 2.24) is 14.9 Å². The van der Waals surface area contributed by atoms with Crippen molar-refractivity contribution in [2.24, 2.45) is 0 Å². The SMILES string of the molecule is COc1cc(N2CCN3[C@@H](COC[C@@H]3c3ccccc3)C2)nc(N)n1. The van der Waals surface area contributed by atoms with Crippen LogP contribution in [0.4, 0.5) is 11.8 Å². The Bertz CT molecular complexity index is 727. The summed E-state index contributed by atoms with van der Waals surface area (Å²) in [6.45, 7) is 4.18. The Hall–Kier alpha value is -2.38. The molecule has 2 saturated heterocycles. The third kappa shape index (κ3) is 3.25. The molecule has 0 aliphatic carbocycles. The van der Waals surface area contributed by atoms with Crippen LogP contribution in [0, 0.1) is 0 Å². The predicted octanol–water partition coefficient (Wildman–Crippen LogP) is 1.33. The van der Waals surface area contributed by atoms with Crippen molar-refractivity contribution in [1.29, 1.82) is 0 Å². The van der Waals surface area contributed by atoms with Crippen molar-refractivity contribution in [2.75, 3.05) is 50.6 Å². The molecule has 25 heavy (non-hydrogen) atoms. The van der Waals surface area contributed by atoms with Gasteiger partial charge in [-0.15, -0.1) is 0 Å². The van der Waals surface area contributed by atoms with Crippen LogP contribution in [0.25, 0.3) is 0 Å². The Balaban J connectivity index is 1.53. The summed E-state index contributed by atoms with van der Waals surface area (Å²) in [4.78, 5) is 13.2. The molecule has 2 aromatic rings. The van der Waals surface area contributed by atoms with Crippen LogP contribution in [0.2, 0.25) is 0 Å². The van der Waals surface area contributed by atoms with Gasteiger partial charge in [-0.3, -0.25) is 4.90 Å². The van der Waals surface area contributed by atoms with Crippen LogP contribution in [-0.4, -0.2) is 60.9 Å². The summed E-state index contributed by atoms with van der Waals surface area (Å²) in [6.07, 6.45) is 0. The van der Waals surface area contributed by atoms with Gasteiger partial charge in [0.25, 0.3) is 0 Å². The highest BCUT2D eigenvalue weighted by molar-refractivity contribution is 5.46. The number of hydrogen-bond acceptors (Lipinski definition) is 7. The van der Waals surface area contributed by atoms with Crippen molar-refractivity contribution in [3.8, 4) is 5.88 Å². The van der Waals surface area contributed by atoms with Crippen molar-refractivity contribution < 1.29 is 9.47 Å². The lowest BCUT2D eigenvalue weighted by molar-refractivity contribution is -0.0548. The van der Waals surface area contributed by atoms with E-state index in [2.05, 4.69) is 50.1 Å². The van der Waals surface area contributed by atoms with Gasteiger partial charge < -0.3 is 20.1 Å². The average molecular weight is 341 g/mol. The fraction of sp³-hybridized carbons (Fsp3) is 0.444. The largest absolute Gasteiger partial charge is 0.481 e. The van der Waals surface area contributed by atoms with Gasteiger partial charge in [0, 0.05) is 25.7 Å². The first-order chi connectivity index (χ1) is 12.2. The molecule has 0 radical (unpaired) electrons. The van der Waals surface area contributed by atoms with Gasteiger partial charge in [-0.05, 0) is 5.56 Å². The van der Waals surface area contributed by atoms with Crippen molar-refractivity contribution in [2.45, 2.75) is 12.1 Å². The standard InChI is InChI=1S/C18H23N5O2/c1-24-17-9-16(20-18(19)21-17)22-7-8-23-14(10-22)11-25-12-15(23)13-5-3-2-4-6-13/h2-6,9,14-15H,7-8,10-12H2,1H3,(H2,19,20,21)/t14-,15-/m1/s1. The molecule has 2 N–H and O–H groups in total. The molecular weight excluding hydrogens is 318 g/mol. The van der Waals surface area contributed by atoms with E-state index in [1.807, 2.05) is 6.07 Å². The minimum atomic E-state index is 0.235. The van der Waals surface area contributed by atoms with E-state index in [0.29, 0.717) is 18.0 Å². The van der Waals surface area contributed by atoms with Gasteiger partial charge in [-0.25, -0.2) is 0 Å². The Morgan fingerprint density at radius 3 is 2.80 bits per heavy atom. The Kier molecular flexibility index (Phi) is 4.42. The molecule has 0 spiro atoms. The smallest absolute Gasteiger partial charge is 0.225 e. The predicted molar refractivity (Wildman–Crippen MR) is 95.7 cm³/mol. The zero-order valence-electron chi connectivity index (χ0n) is 14.3. The molecular formula is C18H23N5O2. The maximum Gasteiger partial charge on any atom is 0.225 e. The number of aromatic nitrogens is 2. The number of hydrogen-bond donors (Lipinski definition) is 1. The third-order valence-corrected chi connectivity index (χ3v) is 4.94. The lowest BCUT2D eigenvalue weighted by Gasteiger charge is -2.48. The van der Waals surface area contributed by atoms with Gasteiger partial charge in [0.2, 0.25) is 11.8 Å². The number of nitrogen functional groups attached to an aromatic ring is 1. The van der Waals surface area contributed by atoms with Crippen LogP contribution in [0.1, 0.15) is 11.6 Å². The number of anilines is 2. The van der Waals surface area contributed by atoms with Crippen molar-refractivity contribution >= 4 is 11.8 Å². The van der Waals surface area contributed by atoms with E-state index in [-0.39, 0.29) is 5.95 Å². The topological polar surface area (TPSA) is 76.7 Å². The summed E-state index contributed by atoms with van der Waals surface area (Å²) in [5.74, 6) is 1.54. The van der Waals surface area contributed by atoms with Gasteiger partial charge in [-0.2, -0.15) is 9.97 Å². The van der Waals surface area contributed by atoms with Gasteiger partial charge >= 0.3 is 0 Å². The molecule has 3 heterocycles. The number of ether oxygens (including phenoxy) is 2. The fourth-order valence-electron chi connectivity index (χ4n) is 3.71. The minimum Gasteiger partial charge on any atom is -0.481 e. The van der Waals surface area contributed by atoms with Gasteiger partial charge in [0.05, 0.1) is 32.4 Å². The maximum absolute atomic E-state index is 5.91.